The molecule has 0 N–H and O–H groups in total. The summed E-state index contributed by atoms with van der Waals surface area (Å²) in [7, 11) is 0. The van der Waals surface area contributed by atoms with Crippen molar-refractivity contribution in [2.75, 3.05) is 0 Å². The maximum atomic E-state index is 5.16. The summed E-state index contributed by atoms with van der Waals surface area (Å²) < 4.78 is 0. The predicted molar refractivity (Wildman–Crippen MR) is 221 cm³/mol. The molecule has 4 heterocycles. The minimum Gasteiger partial charge on any atom is -0.246 e. The standard InChI is InChI=1S/C50H34N4/c1-5-16-35(17-6-1)43-26-14-28-45(51-43)49-33-41(31-47(53-49)37-20-9-3-10-21-37)39-24-13-25-40(30-39)42-32-48(38-22-11-4-12-23-38)54-50(34-42)46-29-15-27-44(52-46)36-18-7-2-8-19-36/h1-34H. The summed E-state index contributed by atoms with van der Waals surface area (Å²) in [5.41, 5.74) is 15.4. The van der Waals surface area contributed by atoms with Gasteiger partial charge in [0.15, 0.2) is 0 Å². The number of nitrogens with zero attached hydrogens (tertiary/aromatic N) is 4. The monoisotopic (exact) mass is 690 g/mol. The van der Waals surface area contributed by atoms with Gasteiger partial charge in [0.25, 0.3) is 0 Å². The van der Waals surface area contributed by atoms with Crippen molar-refractivity contribution in [2.24, 2.45) is 0 Å². The fourth-order valence-electron chi connectivity index (χ4n) is 6.74. The minimum absolute atomic E-state index is 0.816. The van der Waals surface area contributed by atoms with Crippen LogP contribution < -0.4 is 0 Å². The van der Waals surface area contributed by atoms with Gasteiger partial charge in [-0.15, -0.1) is 0 Å². The van der Waals surface area contributed by atoms with Gasteiger partial charge in [-0.05, 0) is 76.9 Å². The van der Waals surface area contributed by atoms with Crippen molar-refractivity contribution < 1.29 is 0 Å². The number of hydrogen-bond donors (Lipinski definition) is 0. The zero-order valence-electron chi connectivity index (χ0n) is 29.4. The molecule has 0 bridgehead atoms. The first kappa shape index (κ1) is 32.6. The zero-order chi connectivity index (χ0) is 36.1. The van der Waals surface area contributed by atoms with E-state index >= 15 is 0 Å². The largest absolute Gasteiger partial charge is 0.246 e. The summed E-state index contributed by atoms with van der Waals surface area (Å²) in [6, 6.07) is 70.8. The SMILES string of the molecule is c1ccc(-c2cccc(-c3cc(-c4cccc(-c5cc(-c6ccccc6)nc(-c6cccc(-c7ccccc7)n6)c5)c4)cc(-c4ccccc4)n3)n2)cc1. The molecule has 54 heavy (non-hydrogen) atoms. The van der Waals surface area contributed by atoms with Gasteiger partial charge in [-0.3, -0.25) is 0 Å². The minimum atomic E-state index is 0.816. The molecule has 5 aromatic carbocycles. The normalized spacial score (nSPS) is 11.0. The molecule has 0 atom stereocenters. The van der Waals surface area contributed by atoms with Gasteiger partial charge in [0.1, 0.15) is 0 Å². The molecule has 0 unspecified atom stereocenters. The Morgan fingerprint density at radius 2 is 0.444 bits per heavy atom. The van der Waals surface area contributed by atoms with Crippen LogP contribution >= 0.6 is 0 Å². The molecule has 0 aliphatic heterocycles. The van der Waals surface area contributed by atoms with Gasteiger partial charge in [0.05, 0.1) is 45.6 Å². The quantitative estimate of drug-likeness (QED) is 0.159. The van der Waals surface area contributed by atoms with Crippen LogP contribution in [0.15, 0.2) is 206 Å². The molecule has 0 radical (unpaired) electrons. The molecule has 0 saturated carbocycles. The van der Waals surface area contributed by atoms with Gasteiger partial charge in [-0.2, -0.15) is 0 Å². The van der Waals surface area contributed by atoms with Gasteiger partial charge >= 0.3 is 0 Å². The van der Waals surface area contributed by atoms with E-state index in [-0.39, 0.29) is 0 Å². The average Bonchev–Trinajstić information content (AvgIpc) is 3.27. The van der Waals surface area contributed by atoms with Gasteiger partial charge in [0, 0.05) is 22.3 Å². The van der Waals surface area contributed by atoms with Gasteiger partial charge in [-0.1, -0.05) is 152 Å². The van der Waals surface area contributed by atoms with E-state index in [2.05, 4.69) is 109 Å². The fraction of sp³-hybridized carbons (Fsp3) is 0. The molecule has 0 aliphatic carbocycles. The van der Waals surface area contributed by atoms with Crippen LogP contribution in [0.2, 0.25) is 0 Å². The van der Waals surface area contributed by atoms with E-state index in [0.717, 1.165) is 90.1 Å². The van der Waals surface area contributed by atoms with Crippen LogP contribution in [0.1, 0.15) is 0 Å². The summed E-state index contributed by atoms with van der Waals surface area (Å²) in [5, 5.41) is 0. The molecule has 9 rings (SSSR count). The molecule has 0 spiro atoms. The number of benzene rings is 5. The highest BCUT2D eigenvalue weighted by Gasteiger charge is 2.14. The van der Waals surface area contributed by atoms with Crippen molar-refractivity contribution >= 4 is 0 Å². The van der Waals surface area contributed by atoms with Crippen LogP contribution in [0.25, 0.3) is 90.1 Å². The van der Waals surface area contributed by atoms with E-state index in [0.29, 0.717) is 0 Å². The lowest BCUT2D eigenvalue weighted by Crippen LogP contribution is -1.95. The third-order valence-electron chi connectivity index (χ3n) is 9.48. The Morgan fingerprint density at radius 3 is 0.833 bits per heavy atom. The Kier molecular flexibility index (Phi) is 8.90. The molecule has 4 heteroatoms. The predicted octanol–water partition coefficient (Wildman–Crippen LogP) is 12.6. The summed E-state index contributed by atoms with van der Waals surface area (Å²) >= 11 is 0. The lowest BCUT2D eigenvalue weighted by Gasteiger charge is -2.13. The van der Waals surface area contributed by atoms with Crippen LogP contribution in [0.5, 0.6) is 0 Å². The Labute approximate surface area is 315 Å². The number of aromatic nitrogens is 4. The molecular weight excluding hydrogens is 657 g/mol. The van der Waals surface area contributed by atoms with Crippen LogP contribution in [-0.4, -0.2) is 19.9 Å². The van der Waals surface area contributed by atoms with E-state index in [9.17, 15) is 0 Å². The van der Waals surface area contributed by atoms with Crippen molar-refractivity contribution in [3.8, 4) is 90.1 Å². The van der Waals surface area contributed by atoms with E-state index in [4.69, 9.17) is 19.9 Å². The van der Waals surface area contributed by atoms with Gasteiger partial charge in [-0.25, -0.2) is 19.9 Å². The van der Waals surface area contributed by atoms with Crippen LogP contribution in [-0.2, 0) is 0 Å². The molecule has 0 fully saturated rings. The smallest absolute Gasteiger partial charge is 0.0900 e. The first-order valence-corrected chi connectivity index (χ1v) is 18.1. The van der Waals surface area contributed by atoms with Crippen LogP contribution in [0, 0.1) is 0 Å². The Morgan fingerprint density at radius 1 is 0.167 bits per heavy atom. The zero-order valence-corrected chi connectivity index (χ0v) is 29.4. The number of hydrogen-bond acceptors (Lipinski definition) is 4. The number of rotatable bonds is 8. The summed E-state index contributed by atoms with van der Waals surface area (Å²) in [5.74, 6) is 0. The Balaban J connectivity index is 1.16. The Hall–Kier alpha value is -7.30. The lowest BCUT2D eigenvalue weighted by atomic mass is 9.96. The topological polar surface area (TPSA) is 51.6 Å². The summed E-state index contributed by atoms with van der Waals surface area (Å²) in [4.78, 5) is 20.5. The molecule has 0 amide bonds. The van der Waals surface area contributed by atoms with Crippen molar-refractivity contribution in [1.29, 1.82) is 0 Å². The maximum Gasteiger partial charge on any atom is 0.0900 e. The van der Waals surface area contributed by atoms with E-state index < -0.39 is 0 Å². The lowest BCUT2D eigenvalue weighted by molar-refractivity contribution is 1.25. The summed E-state index contributed by atoms with van der Waals surface area (Å²) in [6.45, 7) is 0. The van der Waals surface area contributed by atoms with E-state index in [1.807, 2.05) is 97.1 Å². The van der Waals surface area contributed by atoms with E-state index in [1.165, 1.54) is 0 Å². The molecule has 4 nitrogen and oxygen atoms in total. The molecule has 9 aromatic rings. The number of pyridine rings is 4. The maximum absolute atomic E-state index is 5.16. The highest BCUT2D eigenvalue weighted by atomic mass is 14.8. The van der Waals surface area contributed by atoms with Gasteiger partial charge < -0.3 is 0 Å². The molecule has 4 aromatic heterocycles. The first-order chi connectivity index (χ1) is 26.7. The highest BCUT2D eigenvalue weighted by molar-refractivity contribution is 5.82. The third-order valence-corrected chi connectivity index (χ3v) is 9.48. The molecule has 254 valence electrons. The van der Waals surface area contributed by atoms with Gasteiger partial charge in [0.2, 0.25) is 0 Å². The second-order valence-corrected chi connectivity index (χ2v) is 13.1. The second kappa shape index (κ2) is 14.7. The second-order valence-electron chi connectivity index (χ2n) is 13.1. The van der Waals surface area contributed by atoms with Crippen molar-refractivity contribution in [3.63, 3.8) is 0 Å². The molecule has 0 aliphatic rings. The third kappa shape index (κ3) is 6.97. The first-order valence-electron chi connectivity index (χ1n) is 18.1. The molecular formula is C50H34N4. The van der Waals surface area contributed by atoms with Crippen molar-refractivity contribution in [1.82, 2.24) is 19.9 Å². The van der Waals surface area contributed by atoms with Crippen molar-refractivity contribution in [2.45, 2.75) is 0 Å². The average molecular weight is 691 g/mol. The molecule has 0 saturated heterocycles. The summed E-state index contributed by atoms with van der Waals surface area (Å²) in [6.07, 6.45) is 0. The Bertz CT molecular complexity index is 2510. The van der Waals surface area contributed by atoms with E-state index in [1.54, 1.807) is 0 Å². The van der Waals surface area contributed by atoms with Crippen LogP contribution in [0.4, 0.5) is 0 Å². The fourth-order valence-corrected chi connectivity index (χ4v) is 6.74. The van der Waals surface area contributed by atoms with Crippen molar-refractivity contribution in [3.05, 3.63) is 206 Å². The highest BCUT2D eigenvalue weighted by Crippen LogP contribution is 2.35. The van der Waals surface area contributed by atoms with Crippen LogP contribution in [0.3, 0.4) is 0 Å².